The molecule has 0 aliphatic carbocycles. The summed E-state index contributed by atoms with van der Waals surface area (Å²) in [6.07, 6.45) is 4.14. The molecule has 1 aromatic carbocycles. The fourth-order valence-corrected chi connectivity index (χ4v) is 4.17. The Kier molecular flexibility index (Phi) is 6.79. The van der Waals surface area contributed by atoms with E-state index in [0.29, 0.717) is 12.6 Å². The summed E-state index contributed by atoms with van der Waals surface area (Å²) >= 11 is 0. The molecule has 2 N–H and O–H groups in total. The summed E-state index contributed by atoms with van der Waals surface area (Å²) in [4.78, 5) is 11.7. The summed E-state index contributed by atoms with van der Waals surface area (Å²) in [5.74, 6) is 1.59. The molecule has 0 radical (unpaired) electrons. The number of aliphatic hydroxyl groups excluding tert-OH is 1. The van der Waals surface area contributed by atoms with Gasteiger partial charge in [-0.15, -0.1) is 0 Å². The molecule has 31 heavy (non-hydrogen) atoms. The van der Waals surface area contributed by atoms with Crippen molar-refractivity contribution in [2.75, 3.05) is 18.5 Å². The van der Waals surface area contributed by atoms with Crippen molar-refractivity contribution in [1.82, 2.24) is 14.9 Å². The second kappa shape index (κ2) is 9.90. The Balaban J connectivity index is 1.44. The Labute approximate surface area is 183 Å². The molecule has 6 heteroatoms. The summed E-state index contributed by atoms with van der Waals surface area (Å²) in [5, 5.41) is 13.0. The van der Waals surface area contributed by atoms with Crippen molar-refractivity contribution < 1.29 is 9.84 Å². The van der Waals surface area contributed by atoms with Gasteiger partial charge in [-0.05, 0) is 75.2 Å². The van der Waals surface area contributed by atoms with E-state index in [-0.39, 0.29) is 6.61 Å². The number of ether oxygens (including phenoxy) is 1. The number of hydrogen-bond donors (Lipinski definition) is 2. The number of nitrogens with one attached hydrogen (secondary N) is 1. The molecule has 1 aliphatic heterocycles. The molecule has 0 bridgehead atoms. The van der Waals surface area contributed by atoms with Crippen LogP contribution in [0.4, 0.5) is 11.5 Å². The summed E-state index contributed by atoms with van der Waals surface area (Å²) in [5.41, 5.74) is 5.03. The third kappa shape index (κ3) is 5.21. The van der Waals surface area contributed by atoms with E-state index in [2.05, 4.69) is 39.5 Å². The summed E-state index contributed by atoms with van der Waals surface area (Å²) in [7, 11) is 0. The van der Waals surface area contributed by atoms with Gasteiger partial charge in [-0.1, -0.05) is 12.1 Å². The summed E-state index contributed by atoms with van der Waals surface area (Å²) in [6, 6.07) is 16.5. The smallest absolute Gasteiger partial charge is 0.130 e. The van der Waals surface area contributed by atoms with Crippen LogP contribution in [-0.2, 0) is 13.2 Å². The van der Waals surface area contributed by atoms with E-state index < -0.39 is 0 Å². The van der Waals surface area contributed by atoms with Crippen LogP contribution in [0.15, 0.2) is 54.7 Å². The highest BCUT2D eigenvalue weighted by Gasteiger charge is 2.27. The van der Waals surface area contributed by atoms with Gasteiger partial charge in [-0.3, -0.25) is 9.88 Å². The van der Waals surface area contributed by atoms with Crippen molar-refractivity contribution in [1.29, 1.82) is 0 Å². The van der Waals surface area contributed by atoms with Crippen LogP contribution in [0, 0.1) is 6.92 Å². The van der Waals surface area contributed by atoms with E-state index in [1.807, 2.05) is 44.3 Å². The number of nitrogens with zero attached hydrogens (tertiary/aromatic N) is 3. The zero-order valence-corrected chi connectivity index (χ0v) is 18.2. The normalized spacial score (nSPS) is 16.4. The van der Waals surface area contributed by atoms with Gasteiger partial charge in [0.2, 0.25) is 0 Å². The largest absolute Gasteiger partial charge is 0.494 e. The van der Waals surface area contributed by atoms with E-state index >= 15 is 0 Å². The number of anilines is 2. The lowest BCUT2D eigenvalue weighted by Gasteiger charge is -2.24. The Morgan fingerprint density at radius 1 is 1.19 bits per heavy atom. The number of likely N-dealkylation sites (tertiary alicyclic amines) is 1. The minimum absolute atomic E-state index is 0.0155. The van der Waals surface area contributed by atoms with Gasteiger partial charge in [0.15, 0.2) is 0 Å². The number of rotatable bonds is 8. The molecule has 0 amide bonds. The van der Waals surface area contributed by atoms with Gasteiger partial charge >= 0.3 is 0 Å². The molecule has 0 unspecified atom stereocenters. The maximum Gasteiger partial charge on any atom is 0.130 e. The van der Waals surface area contributed by atoms with Crippen molar-refractivity contribution in [3.05, 3.63) is 77.2 Å². The molecule has 1 aliphatic rings. The number of hydrogen-bond acceptors (Lipinski definition) is 6. The highest BCUT2D eigenvalue weighted by Crippen LogP contribution is 2.33. The molecule has 6 nitrogen and oxygen atoms in total. The van der Waals surface area contributed by atoms with Gasteiger partial charge in [-0.2, -0.15) is 0 Å². The second-order valence-electron chi connectivity index (χ2n) is 7.92. The van der Waals surface area contributed by atoms with Gasteiger partial charge in [0.25, 0.3) is 0 Å². The van der Waals surface area contributed by atoms with Crippen molar-refractivity contribution >= 4 is 11.5 Å². The van der Waals surface area contributed by atoms with Gasteiger partial charge in [0.1, 0.15) is 11.6 Å². The zero-order valence-electron chi connectivity index (χ0n) is 18.2. The maximum absolute atomic E-state index is 9.69. The van der Waals surface area contributed by atoms with E-state index in [9.17, 15) is 5.11 Å². The van der Waals surface area contributed by atoms with Gasteiger partial charge in [-0.25, -0.2) is 4.98 Å². The average Bonchev–Trinajstić information content (AvgIpc) is 3.23. The van der Waals surface area contributed by atoms with Gasteiger partial charge < -0.3 is 15.2 Å². The number of aromatic nitrogens is 2. The Morgan fingerprint density at radius 2 is 2.10 bits per heavy atom. The lowest BCUT2D eigenvalue weighted by molar-refractivity contribution is 0.243. The van der Waals surface area contributed by atoms with Gasteiger partial charge in [0.05, 0.1) is 36.8 Å². The van der Waals surface area contributed by atoms with Crippen LogP contribution in [0.1, 0.15) is 48.3 Å². The summed E-state index contributed by atoms with van der Waals surface area (Å²) in [6.45, 7) is 6.39. The highest BCUT2D eigenvalue weighted by atomic mass is 16.5. The topological polar surface area (TPSA) is 70.5 Å². The third-order valence-electron chi connectivity index (χ3n) is 5.63. The minimum atomic E-state index is -0.0155. The van der Waals surface area contributed by atoms with Crippen LogP contribution in [0.3, 0.4) is 0 Å². The lowest BCUT2D eigenvalue weighted by Crippen LogP contribution is -2.23. The molecule has 162 valence electrons. The molecule has 2 aromatic heterocycles. The average molecular weight is 419 g/mol. The number of pyridine rings is 2. The number of aliphatic hydroxyl groups is 1. The molecule has 1 saturated heterocycles. The van der Waals surface area contributed by atoms with E-state index in [0.717, 1.165) is 60.1 Å². The second-order valence-corrected chi connectivity index (χ2v) is 7.92. The minimum Gasteiger partial charge on any atom is -0.494 e. The Hall–Kier alpha value is -2.96. The predicted octanol–water partition coefficient (Wildman–Crippen LogP) is 4.76. The third-order valence-corrected chi connectivity index (χ3v) is 5.63. The molecule has 1 fully saturated rings. The zero-order chi connectivity index (χ0) is 21.6. The first kappa shape index (κ1) is 21.3. The standard InChI is InChI=1S/C25H30N4O2/c1-3-31-24-12-9-19(14-20(24)17-30)16-29-13-5-7-23(29)22-11-10-21(15-26-22)28-25-8-4-6-18(2)27-25/h4,6,8-12,14-15,23,30H,3,5,7,13,16-17H2,1-2H3,(H,27,28)/t23-/m0/s1. The van der Waals surface area contributed by atoms with Gasteiger partial charge in [0, 0.05) is 17.8 Å². The SMILES string of the molecule is CCOc1ccc(CN2CCC[C@H]2c2ccc(Nc3cccc(C)n3)cn2)cc1CO. The highest BCUT2D eigenvalue weighted by molar-refractivity contribution is 5.55. The Bertz CT molecular complexity index is 1010. The van der Waals surface area contributed by atoms with Crippen LogP contribution >= 0.6 is 0 Å². The number of benzene rings is 1. The summed E-state index contributed by atoms with van der Waals surface area (Å²) < 4.78 is 5.61. The molecule has 0 saturated carbocycles. The van der Waals surface area contributed by atoms with Crippen LogP contribution < -0.4 is 10.1 Å². The first-order chi connectivity index (χ1) is 15.2. The number of aryl methyl sites for hydroxylation is 1. The Morgan fingerprint density at radius 3 is 2.84 bits per heavy atom. The van der Waals surface area contributed by atoms with Crippen molar-refractivity contribution in [3.63, 3.8) is 0 Å². The first-order valence-electron chi connectivity index (χ1n) is 10.9. The molecule has 0 spiro atoms. The van der Waals surface area contributed by atoms with Crippen LogP contribution in [0.5, 0.6) is 5.75 Å². The molecular weight excluding hydrogens is 388 g/mol. The monoisotopic (exact) mass is 418 g/mol. The van der Waals surface area contributed by atoms with E-state index in [4.69, 9.17) is 9.72 Å². The van der Waals surface area contributed by atoms with Crippen LogP contribution in [0.25, 0.3) is 0 Å². The van der Waals surface area contributed by atoms with Crippen molar-refractivity contribution in [2.45, 2.75) is 45.9 Å². The predicted molar refractivity (Wildman–Crippen MR) is 122 cm³/mol. The molecule has 4 rings (SSSR count). The van der Waals surface area contributed by atoms with Crippen LogP contribution in [0.2, 0.25) is 0 Å². The van der Waals surface area contributed by atoms with E-state index in [1.165, 1.54) is 5.56 Å². The van der Waals surface area contributed by atoms with E-state index in [1.54, 1.807) is 0 Å². The van der Waals surface area contributed by atoms with Crippen molar-refractivity contribution in [2.24, 2.45) is 0 Å². The molecular formula is C25H30N4O2. The molecule has 1 atom stereocenters. The molecule has 3 heterocycles. The lowest BCUT2D eigenvalue weighted by atomic mass is 10.1. The quantitative estimate of drug-likeness (QED) is 0.550. The maximum atomic E-state index is 9.69. The molecule has 3 aromatic rings. The fraction of sp³-hybridized carbons (Fsp3) is 0.360. The first-order valence-corrected chi connectivity index (χ1v) is 10.9. The van der Waals surface area contributed by atoms with Crippen molar-refractivity contribution in [3.8, 4) is 5.75 Å². The fourth-order valence-electron chi connectivity index (χ4n) is 4.17. The van der Waals surface area contributed by atoms with Crippen LogP contribution in [-0.4, -0.2) is 33.1 Å².